The van der Waals surface area contributed by atoms with Crippen molar-refractivity contribution in [2.24, 2.45) is 0 Å². The van der Waals surface area contributed by atoms with Gasteiger partial charge in [-0.3, -0.25) is 4.79 Å². The number of fused-ring (bicyclic) bond motifs is 1. The standard InChI is InChI=1S/C30H27N3O3S.K.H/c1-2-9-29-31-27-19-18-25(30(34)32-37(35,36)26-12-7-4-8-13-26)20-28(27)33(29)21-22-14-16-24(17-15-22)23-10-5-3-6-11-23;;/h3-8,10-20H,2,9,21H2,1H3,(H,32,34);;. The second-order valence-corrected chi connectivity index (χ2v) is 10.6. The third-order valence-corrected chi connectivity index (χ3v) is 7.59. The van der Waals surface area contributed by atoms with Gasteiger partial charge in [0.25, 0.3) is 15.9 Å². The summed E-state index contributed by atoms with van der Waals surface area (Å²) in [5, 5.41) is 0. The Morgan fingerprint density at radius 3 is 2.13 bits per heavy atom. The van der Waals surface area contributed by atoms with Gasteiger partial charge in [0, 0.05) is 18.5 Å². The van der Waals surface area contributed by atoms with Crippen LogP contribution in [-0.4, -0.2) is 75.3 Å². The summed E-state index contributed by atoms with van der Waals surface area (Å²) in [4.78, 5) is 17.8. The second kappa shape index (κ2) is 12.5. The number of rotatable bonds is 8. The first-order chi connectivity index (χ1) is 17.9. The maximum absolute atomic E-state index is 12.9. The Labute approximate surface area is 265 Å². The van der Waals surface area contributed by atoms with Gasteiger partial charge in [0.1, 0.15) is 5.82 Å². The molecule has 0 bridgehead atoms. The molecule has 5 rings (SSSR count). The summed E-state index contributed by atoms with van der Waals surface area (Å²) in [5.41, 5.74) is 5.24. The van der Waals surface area contributed by atoms with Crippen molar-refractivity contribution >= 4 is 78.3 Å². The predicted molar refractivity (Wildman–Crippen MR) is 153 cm³/mol. The van der Waals surface area contributed by atoms with E-state index in [9.17, 15) is 13.2 Å². The Kier molecular flexibility index (Phi) is 9.35. The van der Waals surface area contributed by atoms with Crippen molar-refractivity contribution in [1.82, 2.24) is 14.3 Å². The molecule has 38 heavy (non-hydrogen) atoms. The number of carbonyl (C=O) groups is 1. The van der Waals surface area contributed by atoms with Gasteiger partial charge < -0.3 is 4.57 Å². The molecule has 0 radical (unpaired) electrons. The van der Waals surface area contributed by atoms with Gasteiger partial charge in [-0.1, -0.05) is 79.7 Å². The van der Waals surface area contributed by atoms with Gasteiger partial charge in [-0.05, 0) is 53.4 Å². The van der Waals surface area contributed by atoms with Crippen molar-refractivity contribution in [3.05, 3.63) is 120 Å². The number of amides is 1. The van der Waals surface area contributed by atoms with Crippen molar-refractivity contribution in [3.8, 4) is 11.1 Å². The fraction of sp³-hybridized carbons (Fsp3) is 0.133. The Hall–Kier alpha value is -2.59. The van der Waals surface area contributed by atoms with Gasteiger partial charge in [-0.25, -0.2) is 18.1 Å². The van der Waals surface area contributed by atoms with Crippen LogP contribution >= 0.6 is 0 Å². The summed E-state index contributed by atoms with van der Waals surface area (Å²) in [5.74, 6) is 0.252. The Balaban J connectivity index is 0.00000336. The third-order valence-electron chi connectivity index (χ3n) is 6.25. The molecule has 8 heteroatoms. The van der Waals surface area contributed by atoms with Crippen LogP contribution in [0.15, 0.2) is 108 Å². The number of nitrogens with zero attached hydrogens (tertiary/aromatic N) is 2. The summed E-state index contributed by atoms with van der Waals surface area (Å²) >= 11 is 0. The van der Waals surface area contributed by atoms with E-state index in [0.29, 0.717) is 6.54 Å². The van der Waals surface area contributed by atoms with Gasteiger partial charge in [-0.2, -0.15) is 0 Å². The number of sulfonamides is 1. The minimum absolute atomic E-state index is 0. The number of nitrogens with one attached hydrogen (secondary N) is 1. The van der Waals surface area contributed by atoms with Gasteiger partial charge in [-0.15, -0.1) is 0 Å². The Morgan fingerprint density at radius 1 is 0.842 bits per heavy atom. The van der Waals surface area contributed by atoms with E-state index >= 15 is 0 Å². The molecular weight excluding hydrogens is 522 g/mol. The van der Waals surface area contributed by atoms with Crippen LogP contribution in [0, 0.1) is 0 Å². The van der Waals surface area contributed by atoms with E-state index in [1.54, 1.807) is 36.4 Å². The van der Waals surface area contributed by atoms with Gasteiger partial charge in [0.05, 0.1) is 15.9 Å². The molecule has 1 N–H and O–H groups in total. The van der Waals surface area contributed by atoms with Crippen LogP contribution in [0.2, 0.25) is 0 Å². The fourth-order valence-electron chi connectivity index (χ4n) is 4.36. The quantitative estimate of drug-likeness (QED) is 0.271. The van der Waals surface area contributed by atoms with E-state index in [2.05, 4.69) is 52.6 Å². The molecule has 0 saturated carbocycles. The first kappa shape index (κ1) is 28.4. The molecule has 1 heterocycles. The molecule has 5 aromatic rings. The molecule has 0 atom stereocenters. The third kappa shape index (κ3) is 6.34. The molecule has 1 amide bonds. The number of hydrogen-bond donors (Lipinski definition) is 1. The summed E-state index contributed by atoms with van der Waals surface area (Å²) in [6, 6.07) is 31.6. The van der Waals surface area contributed by atoms with Crippen LogP contribution < -0.4 is 4.72 Å². The normalized spacial score (nSPS) is 11.2. The molecule has 0 aliphatic heterocycles. The topological polar surface area (TPSA) is 81.1 Å². The molecular formula is C30H28KN3O3S. The van der Waals surface area contributed by atoms with E-state index in [-0.39, 0.29) is 61.8 Å². The minimum atomic E-state index is -3.97. The average Bonchev–Trinajstić information content (AvgIpc) is 3.26. The zero-order valence-electron chi connectivity index (χ0n) is 20.5. The first-order valence-electron chi connectivity index (χ1n) is 12.2. The Morgan fingerprint density at radius 2 is 1.47 bits per heavy atom. The van der Waals surface area contributed by atoms with Crippen molar-refractivity contribution < 1.29 is 13.2 Å². The van der Waals surface area contributed by atoms with E-state index in [0.717, 1.165) is 46.4 Å². The van der Waals surface area contributed by atoms with Crippen LogP contribution in [0.3, 0.4) is 0 Å². The number of imidazole rings is 1. The zero-order chi connectivity index (χ0) is 25.8. The van der Waals surface area contributed by atoms with Gasteiger partial charge >= 0.3 is 51.4 Å². The molecule has 0 spiro atoms. The molecule has 0 saturated heterocycles. The van der Waals surface area contributed by atoms with Crippen LogP contribution in [0.4, 0.5) is 0 Å². The number of hydrogen-bond acceptors (Lipinski definition) is 4. The molecule has 0 aliphatic carbocycles. The van der Waals surface area contributed by atoms with E-state index < -0.39 is 15.9 Å². The van der Waals surface area contributed by atoms with Crippen LogP contribution in [0.25, 0.3) is 22.2 Å². The fourth-order valence-corrected chi connectivity index (χ4v) is 5.36. The van der Waals surface area contributed by atoms with Gasteiger partial charge in [0.15, 0.2) is 0 Å². The van der Waals surface area contributed by atoms with E-state index in [1.165, 1.54) is 12.1 Å². The van der Waals surface area contributed by atoms with E-state index in [4.69, 9.17) is 4.98 Å². The van der Waals surface area contributed by atoms with E-state index in [1.807, 2.05) is 18.2 Å². The molecule has 0 aliphatic rings. The molecule has 0 fully saturated rings. The molecule has 1 aromatic heterocycles. The van der Waals surface area contributed by atoms with Crippen molar-refractivity contribution in [2.75, 3.05) is 0 Å². The summed E-state index contributed by atoms with van der Waals surface area (Å²) in [6.45, 7) is 2.69. The molecule has 6 nitrogen and oxygen atoms in total. The first-order valence-corrected chi connectivity index (χ1v) is 13.7. The zero-order valence-corrected chi connectivity index (χ0v) is 21.3. The van der Waals surface area contributed by atoms with Crippen LogP contribution in [0.1, 0.15) is 35.1 Å². The van der Waals surface area contributed by atoms with Crippen LogP contribution in [-0.2, 0) is 23.0 Å². The van der Waals surface area contributed by atoms with Crippen molar-refractivity contribution in [3.63, 3.8) is 0 Å². The van der Waals surface area contributed by atoms with Crippen molar-refractivity contribution in [1.29, 1.82) is 0 Å². The maximum atomic E-state index is 12.9. The number of benzene rings is 4. The average molecular weight is 550 g/mol. The van der Waals surface area contributed by atoms with Gasteiger partial charge in [0.2, 0.25) is 0 Å². The SMILES string of the molecule is CCCc1nc2ccc(C(=O)NS(=O)(=O)c3ccccc3)cc2n1Cc1ccc(-c2ccccc2)cc1.[KH]. The Bertz CT molecular complexity index is 1650. The van der Waals surface area contributed by atoms with Crippen LogP contribution in [0.5, 0.6) is 0 Å². The number of carbonyl (C=O) groups excluding carboxylic acids is 1. The monoisotopic (exact) mass is 549 g/mol. The molecule has 188 valence electrons. The summed E-state index contributed by atoms with van der Waals surface area (Å²) in [7, 11) is -3.97. The van der Waals surface area contributed by atoms with Crippen molar-refractivity contribution in [2.45, 2.75) is 31.2 Å². The predicted octanol–water partition coefficient (Wildman–Crippen LogP) is 5.17. The summed E-state index contributed by atoms with van der Waals surface area (Å²) in [6.07, 6.45) is 1.72. The molecule has 4 aromatic carbocycles. The summed E-state index contributed by atoms with van der Waals surface area (Å²) < 4.78 is 29.6. The number of aromatic nitrogens is 2. The number of aryl methyl sites for hydroxylation is 1. The second-order valence-electron chi connectivity index (χ2n) is 8.88. The molecule has 0 unspecified atom stereocenters.